The Hall–Kier alpha value is -1.76. The molecule has 1 fully saturated rings. The Morgan fingerprint density at radius 1 is 1.63 bits per heavy atom. The van der Waals surface area contributed by atoms with Crippen molar-refractivity contribution >= 4 is 29.5 Å². The van der Waals surface area contributed by atoms with Crippen LogP contribution < -0.4 is 15.5 Å². The van der Waals surface area contributed by atoms with Gasteiger partial charge in [0, 0.05) is 20.1 Å². The molecule has 2 heterocycles. The van der Waals surface area contributed by atoms with E-state index in [0.29, 0.717) is 23.3 Å². The van der Waals surface area contributed by atoms with E-state index in [1.165, 1.54) is 7.11 Å². The van der Waals surface area contributed by atoms with Crippen molar-refractivity contribution in [1.82, 2.24) is 15.3 Å². The molecule has 7 nitrogen and oxygen atoms in total. The summed E-state index contributed by atoms with van der Waals surface area (Å²) in [6.45, 7) is 1.42. The number of hydrogen-bond acceptors (Lipinski definition) is 6. The van der Waals surface area contributed by atoms with Gasteiger partial charge in [-0.1, -0.05) is 11.6 Å². The Labute approximate surface area is 116 Å². The Morgan fingerprint density at radius 2 is 2.42 bits per heavy atom. The minimum absolute atomic E-state index is 0.0384. The summed E-state index contributed by atoms with van der Waals surface area (Å²) in [4.78, 5) is 21.6. The summed E-state index contributed by atoms with van der Waals surface area (Å²) < 4.78 is 4.58. The molecule has 0 saturated carbocycles. The molecule has 0 spiro atoms. The minimum atomic E-state index is -0.420. The van der Waals surface area contributed by atoms with E-state index < -0.39 is 6.09 Å². The molecule has 1 saturated heterocycles. The van der Waals surface area contributed by atoms with Crippen molar-refractivity contribution in [3.8, 4) is 0 Å². The van der Waals surface area contributed by atoms with E-state index >= 15 is 0 Å². The summed E-state index contributed by atoms with van der Waals surface area (Å²) in [5, 5.41) is 6.14. The molecular formula is C11H16ClN5O2. The zero-order valence-corrected chi connectivity index (χ0v) is 11.6. The first-order chi connectivity index (χ1) is 9.13. The number of aromatic nitrogens is 2. The van der Waals surface area contributed by atoms with Crippen LogP contribution in [-0.4, -0.2) is 49.4 Å². The van der Waals surface area contributed by atoms with Crippen LogP contribution in [0.1, 0.15) is 6.42 Å². The summed E-state index contributed by atoms with van der Waals surface area (Å²) in [5.41, 5.74) is 0. The monoisotopic (exact) mass is 285 g/mol. The maximum Gasteiger partial charge on any atom is 0.407 e. The highest BCUT2D eigenvalue weighted by molar-refractivity contribution is 6.32. The van der Waals surface area contributed by atoms with Gasteiger partial charge < -0.3 is 20.3 Å². The van der Waals surface area contributed by atoms with Crippen LogP contribution in [0.2, 0.25) is 5.02 Å². The van der Waals surface area contributed by atoms with E-state index in [-0.39, 0.29) is 6.04 Å². The van der Waals surface area contributed by atoms with Crippen LogP contribution in [0.25, 0.3) is 0 Å². The highest BCUT2D eigenvalue weighted by Crippen LogP contribution is 2.26. The van der Waals surface area contributed by atoms with Crippen LogP contribution in [0.4, 0.5) is 16.6 Å². The fourth-order valence-corrected chi connectivity index (χ4v) is 2.21. The second kappa shape index (κ2) is 5.92. The van der Waals surface area contributed by atoms with Crippen molar-refractivity contribution in [2.75, 3.05) is 37.5 Å². The number of carbonyl (C=O) groups is 1. The van der Waals surface area contributed by atoms with Crippen LogP contribution in [0.15, 0.2) is 6.20 Å². The van der Waals surface area contributed by atoms with E-state index in [1.807, 2.05) is 4.90 Å². The van der Waals surface area contributed by atoms with Gasteiger partial charge in [0.15, 0.2) is 5.82 Å². The zero-order valence-electron chi connectivity index (χ0n) is 10.8. The lowest BCUT2D eigenvalue weighted by atomic mass is 10.3. The van der Waals surface area contributed by atoms with Crippen LogP contribution in [-0.2, 0) is 4.74 Å². The summed E-state index contributed by atoms with van der Waals surface area (Å²) in [5.74, 6) is 1.19. The number of ether oxygens (including phenoxy) is 1. The van der Waals surface area contributed by atoms with Gasteiger partial charge in [-0.3, -0.25) is 0 Å². The van der Waals surface area contributed by atoms with Gasteiger partial charge in [-0.05, 0) is 6.42 Å². The van der Waals surface area contributed by atoms with Gasteiger partial charge >= 0.3 is 6.09 Å². The Morgan fingerprint density at radius 3 is 3.11 bits per heavy atom. The summed E-state index contributed by atoms with van der Waals surface area (Å²) >= 11 is 6.11. The summed E-state index contributed by atoms with van der Waals surface area (Å²) in [7, 11) is 3.10. The molecular weight excluding hydrogens is 270 g/mol. The predicted octanol–water partition coefficient (Wildman–Crippen LogP) is 1.11. The molecule has 0 aliphatic carbocycles. The van der Waals surface area contributed by atoms with Crippen LogP contribution in [0.3, 0.4) is 0 Å². The Bertz CT molecular complexity index is 470. The highest BCUT2D eigenvalue weighted by atomic mass is 35.5. The number of hydrogen-bond donors (Lipinski definition) is 2. The van der Waals surface area contributed by atoms with Crippen LogP contribution in [0.5, 0.6) is 0 Å². The third-order valence-electron chi connectivity index (χ3n) is 2.94. The van der Waals surface area contributed by atoms with E-state index in [1.54, 1.807) is 13.2 Å². The minimum Gasteiger partial charge on any atom is -0.453 e. The van der Waals surface area contributed by atoms with E-state index in [9.17, 15) is 4.79 Å². The molecule has 0 bridgehead atoms. The number of amides is 1. The molecule has 1 aromatic heterocycles. The Kier molecular flexibility index (Phi) is 4.26. The number of alkyl carbamates (subject to hydrolysis) is 1. The maximum absolute atomic E-state index is 11.2. The van der Waals surface area contributed by atoms with Gasteiger partial charge in [-0.15, -0.1) is 0 Å². The first kappa shape index (κ1) is 13.7. The van der Waals surface area contributed by atoms with Crippen molar-refractivity contribution in [1.29, 1.82) is 0 Å². The van der Waals surface area contributed by atoms with E-state index in [0.717, 1.165) is 13.0 Å². The molecule has 104 valence electrons. The number of nitrogens with zero attached hydrogens (tertiary/aromatic N) is 3. The standard InChI is InChI=1S/C11H16ClN5O2/c1-13-10-14-5-8(12)9(16-10)17-4-3-7(6-17)15-11(18)19-2/h5,7H,3-4,6H2,1-2H3,(H,15,18)(H,13,14,16). The molecule has 1 aromatic rings. The van der Waals surface area contributed by atoms with Crippen molar-refractivity contribution < 1.29 is 9.53 Å². The van der Waals surface area contributed by atoms with Gasteiger partial charge in [0.05, 0.1) is 19.3 Å². The normalized spacial score (nSPS) is 18.3. The number of rotatable bonds is 3. The molecule has 0 radical (unpaired) electrons. The lowest BCUT2D eigenvalue weighted by Crippen LogP contribution is -2.37. The smallest absolute Gasteiger partial charge is 0.407 e. The topological polar surface area (TPSA) is 79.4 Å². The second-order valence-corrected chi connectivity index (χ2v) is 4.59. The molecule has 1 amide bonds. The van der Waals surface area contributed by atoms with Gasteiger partial charge in [0.25, 0.3) is 0 Å². The highest BCUT2D eigenvalue weighted by Gasteiger charge is 2.26. The van der Waals surface area contributed by atoms with E-state index in [4.69, 9.17) is 11.6 Å². The van der Waals surface area contributed by atoms with Gasteiger partial charge in [0.1, 0.15) is 5.02 Å². The molecule has 2 rings (SSSR count). The number of nitrogens with one attached hydrogen (secondary N) is 2. The Balaban J connectivity index is 2.06. The largest absolute Gasteiger partial charge is 0.453 e. The molecule has 1 atom stereocenters. The number of halogens is 1. The van der Waals surface area contributed by atoms with Gasteiger partial charge in [-0.2, -0.15) is 4.98 Å². The second-order valence-electron chi connectivity index (χ2n) is 4.18. The van der Waals surface area contributed by atoms with Gasteiger partial charge in [0.2, 0.25) is 5.95 Å². The number of carbonyl (C=O) groups excluding carboxylic acids is 1. The van der Waals surface area contributed by atoms with E-state index in [2.05, 4.69) is 25.3 Å². The van der Waals surface area contributed by atoms with Crippen LogP contribution >= 0.6 is 11.6 Å². The van der Waals surface area contributed by atoms with Crippen molar-refractivity contribution in [3.63, 3.8) is 0 Å². The van der Waals surface area contributed by atoms with Gasteiger partial charge in [-0.25, -0.2) is 9.78 Å². The SMILES string of the molecule is CNc1ncc(Cl)c(N2CCC(NC(=O)OC)C2)n1. The molecule has 2 N–H and O–H groups in total. The predicted molar refractivity (Wildman–Crippen MR) is 72.7 cm³/mol. The molecule has 19 heavy (non-hydrogen) atoms. The third-order valence-corrected chi connectivity index (χ3v) is 3.21. The number of anilines is 2. The van der Waals surface area contributed by atoms with Crippen LogP contribution in [0, 0.1) is 0 Å². The quantitative estimate of drug-likeness (QED) is 0.866. The average Bonchev–Trinajstić information content (AvgIpc) is 2.87. The molecule has 0 aromatic carbocycles. The molecule has 1 unspecified atom stereocenters. The molecule has 8 heteroatoms. The summed E-state index contributed by atoms with van der Waals surface area (Å²) in [6.07, 6.45) is 1.97. The van der Waals surface area contributed by atoms with Crippen molar-refractivity contribution in [2.45, 2.75) is 12.5 Å². The zero-order chi connectivity index (χ0) is 13.8. The first-order valence-electron chi connectivity index (χ1n) is 5.93. The maximum atomic E-state index is 11.2. The average molecular weight is 286 g/mol. The fraction of sp³-hybridized carbons (Fsp3) is 0.545. The third kappa shape index (κ3) is 3.17. The molecule has 1 aliphatic rings. The molecule has 1 aliphatic heterocycles. The lowest BCUT2D eigenvalue weighted by molar-refractivity contribution is 0.167. The first-order valence-corrected chi connectivity index (χ1v) is 6.31. The van der Waals surface area contributed by atoms with Crippen molar-refractivity contribution in [2.24, 2.45) is 0 Å². The lowest BCUT2D eigenvalue weighted by Gasteiger charge is -2.19. The van der Waals surface area contributed by atoms with Crippen molar-refractivity contribution in [3.05, 3.63) is 11.2 Å². The fourth-order valence-electron chi connectivity index (χ4n) is 2.00. The summed E-state index contributed by atoms with van der Waals surface area (Å²) in [6, 6.07) is 0.0384. The number of methoxy groups -OCH3 is 1.